The Balaban J connectivity index is 2.41. The molecule has 0 heterocycles. The fourth-order valence-corrected chi connectivity index (χ4v) is 3.23. The van der Waals surface area contributed by atoms with Crippen LogP contribution in [-0.4, -0.2) is 13.3 Å². The number of hydrogen-bond acceptors (Lipinski definition) is 4. The van der Waals surface area contributed by atoms with Gasteiger partial charge in [0.15, 0.2) is 9.84 Å². The zero-order chi connectivity index (χ0) is 15.6. The third-order valence-electron chi connectivity index (χ3n) is 2.97. The van der Waals surface area contributed by atoms with Crippen LogP contribution in [0.4, 0.5) is 10.1 Å². The van der Waals surface area contributed by atoms with Gasteiger partial charge in [-0.05, 0) is 31.2 Å². The number of halogens is 1. The second kappa shape index (κ2) is 5.61. The maximum Gasteiger partial charge on any atom is 0.276 e. The minimum absolute atomic E-state index is 0.0398. The van der Waals surface area contributed by atoms with Crippen molar-refractivity contribution in [3.8, 4) is 0 Å². The van der Waals surface area contributed by atoms with Crippen molar-refractivity contribution in [1.82, 2.24) is 0 Å². The molecule has 2 aromatic carbocycles. The first-order valence-corrected chi connectivity index (χ1v) is 7.67. The summed E-state index contributed by atoms with van der Waals surface area (Å²) in [6.07, 6.45) is 0. The van der Waals surface area contributed by atoms with Crippen LogP contribution in [0.5, 0.6) is 0 Å². The Bertz CT molecular complexity index is 785. The van der Waals surface area contributed by atoms with Crippen LogP contribution >= 0.6 is 0 Å². The van der Waals surface area contributed by atoms with E-state index in [2.05, 4.69) is 0 Å². The SMILES string of the molecule is Cc1ccc(S(=O)(=O)Cc2ccc(F)cc2[N+](=O)[O-])cc1. The fourth-order valence-electron chi connectivity index (χ4n) is 1.86. The second-order valence-corrected chi connectivity index (χ2v) is 6.59. The van der Waals surface area contributed by atoms with E-state index >= 15 is 0 Å². The molecule has 5 nitrogen and oxygen atoms in total. The summed E-state index contributed by atoms with van der Waals surface area (Å²) in [5.41, 5.74) is 0.328. The van der Waals surface area contributed by atoms with E-state index in [4.69, 9.17) is 0 Å². The molecular weight excluding hydrogens is 297 g/mol. The molecule has 0 spiro atoms. The number of nitro groups is 1. The van der Waals surface area contributed by atoms with Gasteiger partial charge in [-0.25, -0.2) is 12.8 Å². The summed E-state index contributed by atoms with van der Waals surface area (Å²) >= 11 is 0. The van der Waals surface area contributed by atoms with E-state index < -0.39 is 32.0 Å². The summed E-state index contributed by atoms with van der Waals surface area (Å²) in [6, 6.07) is 9.03. The number of benzene rings is 2. The Kier molecular flexibility index (Phi) is 4.04. The van der Waals surface area contributed by atoms with Gasteiger partial charge in [0.25, 0.3) is 5.69 Å². The van der Waals surface area contributed by atoms with Crippen LogP contribution in [0, 0.1) is 22.9 Å². The first kappa shape index (κ1) is 15.1. The molecule has 0 bridgehead atoms. The number of rotatable bonds is 4. The maximum absolute atomic E-state index is 13.1. The van der Waals surface area contributed by atoms with Gasteiger partial charge in [-0.15, -0.1) is 0 Å². The smallest absolute Gasteiger partial charge is 0.258 e. The molecule has 2 aromatic rings. The number of nitrogens with zero attached hydrogens (tertiary/aromatic N) is 1. The number of hydrogen-bond donors (Lipinski definition) is 0. The summed E-state index contributed by atoms with van der Waals surface area (Å²) < 4.78 is 37.6. The summed E-state index contributed by atoms with van der Waals surface area (Å²) in [7, 11) is -3.73. The van der Waals surface area contributed by atoms with Crippen LogP contribution in [-0.2, 0) is 15.6 Å². The number of aryl methyl sites for hydroxylation is 1. The molecule has 0 aliphatic rings. The van der Waals surface area contributed by atoms with Crippen molar-refractivity contribution in [1.29, 1.82) is 0 Å². The Hall–Kier alpha value is -2.28. The summed E-state index contributed by atoms with van der Waals surface area (Å²) in [4.78, 5) is 10.2. The van der Waals surface area contributed by atoms with Gasteiger partial charge in [-0.2, -0.15) is 0 Å². The molecule has 0 N–H and O–H groups in total. The summed E-state index contributed by atoms with van der Waals surface area (Å²) in [5, 5.41) is 10.9. The van der Waals surface area contributed by atoms with Gasteiger partial charge in [0.2, 0.25) is 0 Å². The van der Waals surface area contributed by atoms with Crippen LogP contribution in [0.3, 0.4) is 0 Å². The number of nitro benzene ring substituents is 1. The fraction of sp³-hybridized carbons (Fsp3) is 0.143. The van der Waals surface area contributed by atoms with Crippen molar-refractivity contribution in [2.75, 3.05) is 0 Å². The average Bonchev–Trinajstić information content (AvgIpc) is 2.41. The predicted octanol–water partition coefficient (Wildman–Crippen LogP) is 3.02. The zero-order valence-electron chi connectivity index (χ0n) is 11.1. The van der Waals surface area contributed by atoms with Crippen molar-refractivity contribution in [2.45, 2.75) is 17.6 Å². The molecule has 2 rings (SSSR count). The van der Waals surface area contributed by atoms with Gasteiger partial charge in [-0.3, -0.25) is 10.1 Å². The second-order valence-electron chi connectivity index (χ2n) is 4.60. The molecule has 110 valence electrons. The molecular formula is C14H12FNO4S. The zero-order valence-corrected chi connectivity index (χ0v) is 11.9. The quantitative estimate of drug-likeness (QED) is 0.642. The minimum atomic E-state index is -3.73. The first-order chi connectivity index (χ1) is 9.79. The van der Waals surface area contributed by atoms with E-state index in [1.807, 2.05) is 6.92 Å². The standard InChI is InChI=1S/C14H12FNO4S/c1-10-2-6-13(7-3-10)21(19,20)9-11-4-5-12(15)8-14(11)16(17)18/h2-8H,9H2,1H3. The van der Waals surface area contributed by atoms with Crippen LogP contribution in [0.1, 0.15) is 11.1 Å². The molecule has 21 heavy (non-hydrogen) atoms. The van der Waals surface area contributed by atoms with E-state index in [-0.39, 0.29) is 10.5 Å². The Morgan fingerprint density at radius 3 is 2.33 bits per heavy atom. The van der Waals surface area contributed by atoms with Crippen LogP contribution in [0.2, 0.25) is 0 Å². The molecule has 0 aliphatic carbocycles. The van der Waals surface area contributed by atoms with Crippen LogP contribution in [0.25, 0.3) is 0 Å². The van der Waals surface area contributed by atoms with Gasteiger partial charge in [0.05, 0.1) is 21.6 Å². The van der Waals surface area contributed by atoms with Crippen molar-refractivity contribution in [2.24, 2.45) is 0 Å². The van der Waals surface area contributed by atoms with Crippen LogP contribution < -0.4 is 0 Å². The van der Waals surface area contributed by atoms with E-state index in [0.717, 1.165) is 23.8 Å². The third kappa shape index (κ3) is 3.43. The highest BCUT2D eigenvalue weighted by atomic mass is 32.2. The normalized spacial score (nSPS) is 11.3. The first-order valence-electron chi connectivity index (χ1n) is 6.02. The molecule has 0 unspecified atom stereocenters. The summed E-state index contributed by atoms with van der Waals surface area (Å²) in [5.74, 6) is -1.33. The molecule has 0 saturated carbocycles. The monoisotopic (exact) mass is 309 g/mol. The molecule has 7 heteroatoms. The van der Waals surface area contributed by atoms with E-state index in [1.54, 1.807) is 12.1 Å². The summed E-state index contributed by atoms with van der Waals surface area (Å²) in [6.45, 7) is 1.82. The van der Waals surface area contributed by atoms with E-state index in [0.29, 0.717) is 0 Å². The highest BCUT2D eigenvalue weighted by Crippen LogP contribution is 2.25. The Morgan fingerprint density at radius 2 is 1.76 bits per heavy atom. The highest BCUT2D eigenvalue weighted by Gasteiger charge is 2.22. The van der Waals surface area contributed by atoms with Crippen molar-refractivity contribution < 1.29 is 17.7 Å². The largest absolute Gasteiger partial charge is 0.276 e. The molecule has 0 atom stereocenters. The minimum Gasteiger partial charge on any atom is -0.258 e. The third-order valence-corrected chi connectivity index (χ3v) is 4.65. The Labute approximate surface area is 121 Å². The predicted molar refractivity (Wildman–Crippen MR) is 75.1 cm³/mol. The lowest BCUT2D eigenvalue weighted by molar-refractivity contribution is -0.385. The molecule has 0 radical (unpaired) electrons. The van der Waals surface area contributed by atoms with Gasteiger partial charge < -0.3 is 0 Å². The van der Waals surface area contributed by atoms with Gasteiger partial charge in [0.1, 0.15) is 5.82 Å². The Morgan fingerprint density at radius 1 is 1.14 bits per heavy atom. The van der Waals surface area contributed by atoms with Crippen molar-refractivity contribution in [3.05, 3.63) is 69.5 Å². The van der Waals surface area contributed by atoms with Gasteiger partial charge in [-0.1, -0.05) is 17.7 Å². The molecule has 0 amide bonds. The van der Waals surface area contributed by atoms with E-state index in [9.17, 15) is 22.9 Å². The van der Waals surface area contributed by atoms with Gasteiger partial charge in [0, 0.05) is 5.56 Å². The topological polar surface area (TPSA) is 77.3 Å². The molecule has 0 aliphatic heterocycles. The molecule has 0 saturated heterocycles. The number of sulfone groups is 1. The van der Waals surface area contributed by atoms with Crippen molar-refractivity contribution in [3.63, 3.8) is 0 Å². The average molecular weight is 309 g/mol. The maximum atomic E-state index is 13.1. The molecule has 0 aromatic heterocycles. The van der Waals surface area contributed by atoms with Gasteiger partial charge >= 0.3 is 0 Å². The lowest BCUT2D eigenvalue weighted by Gasteiger charge is -2.06. The highest BCUT2D eigenvalue weighted by molar-refractivity contribution is 7.90. The lowest BCUT2D eigenvalue weighted by atomic mass is 10.2. The van der Waals surface area contributed by atoms with Crippen molar-refractivity contribution >= 4 is 15.5 Å². The lowest BCUT2D eigenvalue weighted by Crippen LogP contribution is -2.07. The van der Waals surface area contributed by atoms with Crippen LogP contribution in [0.15, 0.2) is 47.4 Å². The molecule has 0 fully saturated rings. The van der Waals surface area contributed by atoms with E-state index in [1.165, 1.54) is 12.1 Å².